The number of ether oxygens (including phenoxy) is 1. The number of nitrogens with zero attached hydrogens (tertiary/aromatic N) is 3. The molecule has 9 aromatic rings. The van der Waals surface area contributed by atoms with Crippen molar-refractivity contribution in [3.05, 3.63) is 192 Å². The van der Waals surface area contributed by atoms with Crippen LogP contribution in [0.1, 0.15) is 40.5 Å². The van der Waals surface area contributed by atoms with Crippen molar-refractivity contribution in [2.24, 2.45) is 0 Å². The molecule has 2 aromatic heterocycles. The van der Waals surface area contributed by atoms with Gasteiger partial charge in [0.05, 0.1) is 0 Å². The average Bonchev–Trinajstić information content (AvgIpc) is 3.82. The summed E-state index contributed by atoms with van der Waals surface area (Å²) >= 11 is 0. The minimum absolute atomic E-state index is 0.00359. The quantitative estimate of drug-likeness (QED) is 0.179. The van der Waals surface area contributed by atoms with Gasteiger partial charge in [0.15, 0.2) is 11.6 Å². The summed E-state index contributed by atoms with van der Waals surface area (Å²) < 4.78 is 13.2. The van der Waals surface area contributed by atoms with Crippen LogP contribution in [0.25, 0.3) is 67.0 Å². The van der Waals surface area contributed by atoms with Crippen LogP contribution < -0.4 is 4.74 Å². The van der Waals surface area contributed by atoms with Crippen LogP contribution in [0.2, 0.25) is 0 Å². The van der Waals surface area contributed by atoms with E-state index in [1.54, 1.807) is 0 Å². The van der Waals surface area contributed by atoms with Gasteiger partial charge in [0.2, 0.25) is 0 Å². The molecule has 0 saturated heterocycles. The van der Waals surface area contributed by atoms with E-state index in [1.807, 2.05) is 36.4 Å². The maximum absolute atomic E-state index is 6.90. The molecule has 0 radical (unpaired) electrons. The standard InChI is InChI=1S/C49H33N3O2/c1-3-12-30(13-4-1)32-17-11-18-33(26-32)34-23-25-43-40(27-34)45-41(28-35-16-7-8-19-37(35)46(45)54-43)49-51-47(31-14-5-2-6-15-31)50-48(52-49)36-22-24-39-38-20-9-10-21-42(38)53-44(39)29-36/h1-27,29,41,45-46H,28H2. The molecule has 1 aliphatic carbocycles. The summed E-state index contributed by atoms with van der Waals surface area (Å²) in [6.45, 7) is 0. The van der Waals surface area contributed by atoms with E-state index in [-0.39, 0.29) is 17.9 Å². The zero-order valence-corrected chi connectivity index (χ0v) is 29.3. The van der Waals surface area contributed by atoms with E-state index in [4.69, 9.17) is 24.1 Å². The van der Waals surface area contributed by atoms with Crippen LogP contribution in [0.3, 0.4) is 0 Å². The van der Waals surface area contributed by atoms with Gasteiger partial charge in [-0.2, -0.15) is 0 Å². The van der Waals surface area contributed by atoms with Crippen molar-refractivity contribution >= 4 is 21.9 Å². The predicted octanol–water partition coefficient (Wildman–Crippen LogP) is 12.0. The number of hydrogen-bond acceptors (Lipinski definition) is 5. The van der Waals surface area contributed by atoms with Gasteiger partial charge in [-0.05, 0) is 76.2 Å². The number of furan rings is 1. The Hall–Kier alpha value is -6.85. The van der Waals surface area contributed by atoms with Gasteiger partial charge >= 0.3 is 0 Å². The lowest BCUT2D eigenvalue weighted by molar-refractivity contribution is 0.182. The molecule has 3 unspecified atom stereocenters. The minimum atomic E-state index is -0.159. The smallest absolute Gasteiger partial charge is 0.163 e. The van der Waals surface area contributed by atoms with E-state index in [0.717, 1.165) is 56.6 Å². The Morgan fingerprint density at radius 2 is 1.09 bits per heavy atom. The third kappa shape index (κ3) is 5.12. The lowest BCUT2D eigenvalue weighted by Gasteiger charge is -2.34. The SMILES string of the molecule is c1ccc(-c2cccc(-c3ccc4c(c3)C3C(c5nc(-c6ccccc6)nc(-c6ccc7c(c6)oc6ccccc67)n5)Cc5ccccc5C3O4)c2)cc1. The Morgan fingerprint density at radius 3 is 1.94 bits per heavy atom. The second-order valence-corrected chi connectivity index (χ2v) is 14.3. The Bertz CT molecular complexity index is 2860. The van der Waals surface area contributed by atoms with Crippen LogP contribution >= 0.6 is 0 Å². The third-order valence-corrected chi connectivity index (χ3v) is 11.1. The fraction of sp³-hybridized carbons (Fsp3) is 0.0816. The molecular formula is C49H33N3O2. The summed E-state index contributed by atoms with van der Waals surface area (Å²) in [6, 6.07) is 59.3. The fourth-order valence-corrected chi connectivity index (χ4v) is 8.54. The molecule has 3 atom stereocenters. The molecule has 256 valence electrons. The molecule has 2 aliphatic rings. The van der Waals surface area contributed by atoms with Gasteiger partial charge in [-0.1, -0.05) is 133 Å². The first-order chi connectivity index (χ1) is 26.7. The Balaban J connectivity index is 1.06. The van der Waals surface area contributed by atoms with E-state index in [9.17, 15) is 0 Å². The molecule has 0 N–H and O–H groups in total. The van der Waals surface area contributed by atoms with Gasteiger partial charge in [-0.3, -0.25) is 0 Å². The summed E-state index contributed by atoms with van der Waals surface area (Å²) in [6.07, 6.45) is 0.627. The first-order valence-electron chi connectivity index (χ1n) is 18.5. The number of fused-ring (bicyclic) bond motifs is 8. The van der Waals surface area contributed by atoms with Crippen molar-refractivity contribution in [2.45, 2.75) is 24.4 Å². The molecule has 5 nitrogen and oxygen atoms in total. The largest absolute Gasteiger partial charge is 0.485 e. The maximum Gasteiger partial charge on any atom is 0.163 e. The first kappa shape index (κ1) is 30.7. The van der Waals surface area contributed by atoms with Gasteiger partial charge < -0.3 is 9.15 Å². The predicted molar refractivity (Wildman–Crippen MR) is 214 cm³/mol. The maximum atomic E-state index is 6.90. The highest BCUT2D eigenvalue weighted by atomic mass is 16.5. The van der Waals surface area contributed by atoms with E-state index in [2.05, 4.69) is 133 Å². The second-order valence-electron chi connectivity index (χ2n) is 14.3. The second kappa shape index (κ2) is 12.4. The third-order valence-electron chi connectivity index (χ3n) is 11.1. The summed E-state index contributed by atoms with van der Waals surface area (Å²) in [5.41, 5.74) is 11.9. The van der Waals surface area contributed by atoms with Gasteiger partial charge in [-0.25, -0.2) is 15.0 Å². The van der Waals surface area contributed by atoms with Crippen molar-refractivity contribution in [3.8, 4) is 50.8 Å². The number of rotatable bonds is 5. The van der Waals surface area contributed by atoms with Gasteiger partial charge in [0.25, 0.3) is 0 Å². The molecule has 0 saturated carbocycles. The van der Waals surface area contributed by atoms with Crippen LogP contribution in [-0.2, 0) is 6.42 Å². The normalized spacial score (nSPS) is 17.1. The van der Waals surface area contributed by atoms with E-state index in [1.165, 1.54) is 33.4 Å². The summed E-state index contributed by atoms with van der Waals surface area (Å²) in [5, 5.41) is 2.17. The molecule has 1 aliphatic heterocycles. The van der Waals surface area contributed by atoms with Gasteiger partial charge in [0.1, 0.15) is 28.8 Å². The highest BCUT2D eigenvalue weighted by Gasteiger charge is 2.46. The van der Waals surface area contributed by atoms with Gasteiger partial charge in [0, 0.05) is 39.3 Å². The van der Waals surface area contributed by atoms with Crippen molar-refractivity contribution in [2.75, 3.05) is 0 Å². The molecule has 0 amide bonds. The number of benzene rings is 7. The highest BCUT2D eigenvalue weighted by Crippen LogP contribution is 2.57. The fourth-order valence-electron chi connectivity index (χ4n) is 8.54. The minimum Gasteiger partial charge on any atom is -0.485 e. The molecule has 0 spiro atoms. The van der Waals surface area contributed by atoms with E-state index in [0.29, 0.717) is 11.6 Å². The van der Waals surface area contributed by atoms with E-state index < -0.39 is 0 Å². The molecule has 7 aromatic carbocycles. The van der Waals surface area contributed by atoms with Crippen molar-refractivity contribution in [1.29, 1.82) is 0 Å². The first-order valence-corrected chi connectivity index (χ1v) is 18.5. The van der Waals surface area contributed by atoms with Crippen LogP contribution in [0.4, 0.5) is 0 Å². The number of para-hydroxylation sites is 1. The molecule has 0 bridgehead atoms. The van der Waals surface area contributed by atoms with Gasteiger partial charge in [-0.15, -0.1) is 0 Å². The molecule has 0 fully saturated rings. The van der Waals surface area contributed by atoms with Crippen molar-refractivity contribution in [3.63, 3.8) is 0 Å². The summed E-state index contributed by atoms with van der Waals surface area (Å²) in [4.78, 5) is 15.7. The Morgan fingerprint density at radius 1 is 0.444 bits per heavy atom. The van der Waals surface area contributed by atoms with Crippen LogP contribution in [0.5, 0.6) is 5.75 Å². The number of hydrogen-bond donors (Lipinski definition) is 0. The molecule has 54 heavy (non-hydrogen) atoms. The van der Waals surface area contributed by atoms with E-state index >= 15 is 0 Å². The zero-order chi connectivity index (χ0) is 35.6. The van der Waals surface area contributed by atoms with Crippen LogP contribution in [0.15, 0.2) is 174 Å². The zero-order valence-electron chi connectivity index (χ0n) is 29.3. The van der Waals surface area contributed by atoms with Crippen LogP contribution in [0, 0.1) is 0 Å². The van der Waals surface area contributed by atoms with Crippen molar-refractivity contribution in [1.82, 2.24) is 15.0 Å². The molecular weight excluding hydrogens is 663 g/mol. The molecule has 11 rings (SSSR count). The lowest BCUT2D eigenvalue weighted by Crippen LogP contribution is -2.27. The lowest BCUT2D eigenvalue weighted by atomic mass is 9.71. The molecule has 3 heterocycles. The molecule has 5 heteroatoms. The summed E-state index contributed by atoms with van der Waals surface area (Å²) in [5.74, 6) is 2.91. The Kier molecular flexibility index (Phi) is 7.05. The summed E-state index contributed by atoms with van der Waals surface area (Å²) in [7, 11) is 0. The topological polar surface area (TPSA) is 61.0 Å². The number of aromatic nitrogens is 3. The van der Waals surface area contributed by atoms with Crippen LogP contribution in [-0.4, -0.2) is 15.0 Å². The monoisotopic (exact) mass is 695 g/mol. The highest BCUT2D eigenvalue weighted by molar-refractivity contribution is 6.05. The van der Waals surface area contributed by atoms with Crippen molar-refractivity contribution < 1.29 is 9.15 Å². The Labute approximate surface area is 312 Å². The average molecular weight is 696 g/mol.